The van der Waals surface area contributed by atoms with Crippen molar-refractivity contribution in [1.29, 1.82) is 0 Å². The van der Waals surface area contributed by atoms with E-state index in [0.29, 0.717) is 6.42 Å². The molecule has 0 unspecified atom stereocenters. The number of para-hydroxylation sites is 2. The number of carbonyl (C=O) groups excluding carboxylic acids is 3. The minimum Gasteiger partial charge on any atom is -0.480 e. The van der Waals surface area contributed by atoms with Gasteiger partial charge in [0.1, 0.15) is 24.0 Å². The molecule has 4 N–H and O–H groups in total. The largest absolute Gasteiger partial charge is 0.480 e. The number of benzene rings is 2. The smallest absolute Gasteiger partial charge is 0.408 e. The van der Waals surface area contributed by atoms with E-state index >= 15 is 0 Å². The van der Waals surface area contributed by atoms with Crippen molar-refractivity contribution in [1.82, 2.24) is 10.6 Å². The number of hydrogen-bond acceptors (Lipinski definition) is 7. The Morgan fingerprint density at radius 3 is 2.30 bits per heavy atom. The standard InChI is InChI=1S/C26H33N3O8/c1-26(2,3)37-25(34)29-20(13-9-15-27-24(33)36-16-18-10-5-4-6-11-18)23(32)28-19-12-7-8-14-21(19)35-17-22(30)31/h4-8,10-12,14,20H,9,13,15-17H2,1-3H3,(H,27,33)(H,28,32)(H,29,34)(H,30,31)/t20-/m0/s1. The normalized spacial score (nSPS) is 11.5. The highest BCUT2D eigenvalue weighted by atomic mass is 16.6. The molecule has 0 fully saturated rings. The molecule has 3 amide bonds. The van der Waals surface area contributed by atoms with Gasteiger partial charge in [-0.2, -0.15) is 0 Å². The highest BCUT2D eigenvalue weighted by Crippen LogP contribution is 2.24. The summed E-state index contributed by atoms with van der Waals surface area (Å²) in [5.41, 5.74) is 0.322. The Hall–Kier alpha value is -4.28. The maximum atomic E-state index is 13.0. The summed E-state index contributed by atoms with van der Waals surface area (Å²) in [6.45, 7) is 4.83. The molecule has 2 aromatic rings. The molecule has 0 aromatic heterocycles. The summed E-state index contributed by atoms with van der Waals surface area (Å²) >= 11 is 0. The molecule has 1 atom stereocenters. The summed E-state index contributed by atoms with van der Waals surface area (Å²) in [5.74, 6) is -1.57. The van der Waals surface area contributed by atoms with E-state index in [4.69, 9.17) is 19.3 Å². The topological polar surface area (TPSA) is 152 Å². The summed E-state index contributed by atoms with van der Waals surface area (Å²) in [6.07, 6.45) is -0.874. The maximum absolute atomic E-state index is 13.0. The van der Waals surface area contributed by atoms with Gasteiger partial charge in [-0.1, -0.05) is 42.5 Å². The van der Waals surface area contributed by atoms with Crippen LogP contribution < -0.4 is 20.7 Å². The first-order valence-electron chi connectivity index (χ1n) is 11.7. The average molecular weight is 516 g/mol. The fourth-order valence-corrected chi connectivity index (χ4v) is 3.04. The molecule has 2 rings (SSSR count). The van der Waals surface area contributed by atoms with Gasteiger partial charge in [-0.05, 0) is 51.3 Å². The van der Waals surface area contributed by atoms with Crippen molar-refractivity contribution < 1.29 is 38.5 Å². The molecule has 0 heterocycles. The van der Waals surface area contributed by atoms with Crippen LogP contribution >= 0.6 is 0 Å². The van der Waals surface area contributed by atoms with E-state index in [1.807, 2.05) is 30.3 Å². The first-order chi connectivity index (χ1) is 17.5. The second-order valence-corrected chi connectivity index (χ2v) is 9.00. The number of hydrogen-bond donors (Lipinski definition) is 4. The van der Waals surface area contributed by atoms with Crippen molar-refractivity contribution >= 4 is 29.8 Å². The third kappa shape index (κ3) is 11.8. The van der Waals surface area contributed by atoms with E-state index in [1.165, 1.54) is 6.07 Å². The number of nitrogens with one attached hydrogen (secondary N) is 3. The average Bonchev–Trinajstić information content (AvgIpc) is 2.83. The van der Waals surface area contributed by atoms with Crippen LogP contribution in [-0.2, 0) is 25.7 Å². The number of carboxylic acid groups (broad SMARTS) is 1. The van der Waals surface area contributed by atoms with Crippen LogP contribution in [0, 0.1) is 0 Å². The molecular weight excluding hydrogens is 482 g/mol. The van der Waals surface area contributed by atoms with Crippen molar-refractivity contribution in [2.45, 2.75) is 51.9 Å². The monoisotopic (exact) mass is 515 g/mol. The van der Waals surface area contributed by atoms with Gasteiger partial charge in [0.05, 0.1) is 5.69 Å². The van der Waals surface area contributed by atoms with Crippen molar-refractivity contribution in [3.8, 4) is 5.75 Å². The molecule has 0 radical (unpaired) electrons. The summed E-state index contributed by atoms with van der Waals surface area (Å²) in [4.78, 5) is 48.2. The lowest BCUT2D eigenvalue weighted by atomic mass is 10.1. The van der Waals surface area contributed by atoms with E-state index < -0.39 is 42.3 Å². The number of aliphatic carboxylic acids is 1. The van der Waals surface area contributed by atoms with Crippen molar-refractivity contribution in [2.24, 2.45) is 0 Å². The predicted molar refractivity (Wildman–Crippen MR) is 135 cm³/mol. The number of ether oxygens (including phenoxy) is 3. The second kappa shape index (κ2) is 14.3. The number of carbonyl (C=O) groups is 4. The summed E-state index contributed by atoms with van der Waals surface area (Å²) < 4.78 is 15.6. The molecular formula is C26H33N3O8. The van der Waals surface area contributed by atoms with Gasteiger partial charge in [0.15, 0.2) is 6.61 Å². The molecule has 0 saturated carbocycles. The van der Waals surface area contributed by atoms with Gasteiger partial charge in [-0.15, -0.1) is 0 Å². The first kappa shape index (κ1) is 29.0. The zero-order valence-corrected chi connectivity index (χ0v) is 21.1. The van der Waals surface area contributed by atoms with Gasteiger partial charge < -0.3 is 35.3 Å². The molecule has 0 spiro atoms. The third-order valence-electron chi connectivity index (χ3n) is 4.66. The van der Waals surface area contributed by atoms with Crippen LogP contribution in [0.25, 0.3) is 0 Å². The maximum Gasteiger partial charge on any atom is 0.408 e. The van der Waals surface area contributed by atoms with Gasteiger partial charge in [0, 0.05) is 6.54 Å². The van der Waals surface area contributed by atoms with Gasteiger partial charge in [-0.25, -0.2) is 14.4 Å². The van der Waals surface area contributed by atoms with E-state index in [0.717, 1.165) is 5.56 Å². The Morgan fingerprint density at radius 1 is 0.946 bits per heavy atom. The number of anilines is 1. The van der Waals surface area contributed by atoms with E-state index in [9.17, 15) is 19.2 Å². The van der Waals surface area contributed by atoms with Crippen LogP contribution in [0.5, 0.6) is 5.75 Å². The van der Waals surface area contributed by atoms with E-state index in [2.05, 4.69) is 16.0 Å². The predicted octanol–water partition coefficient (Wildman–Crippen LogP) is 3.69. The number of amides is 3. The minimum atomic E-state index is -1.17. The fourth-order valence-electron chi connectivity index (χ4n) is 3.04. The molecule has 0 aliphatic rings. The van der Waals surface area contributed by atoms with Crippen molar-refractivity contribution in [3.05, 3.63) is 60.2 Å². The number of rotatable bonds is 12. The van der Waals surface area contributed by atoms with Crippen LogP contribution in [0.2, 0.25) is 0 Å². The molecule has 0 aliphatic heterocycles. The quantitative estimate of drug-likeness (QED) is 0.312. The van der Waals surface area contributed by atoms with E-state index in [1.54, 1.807) is 39.0 Å². The van der Waals surface area contributed by atoms with Crippen LogP contribution in [0.15, 0.2) is 54.6 Å². The summed E-state index contributed by atoms with van der Waals surface area (Å²) in [7, 11) is 0. The Kier molecular flexibility index (Phi) is 11.2. The van der Waals surface area contributed by atoms with Crippen LogP contribution in [0.4, 0.5) is 15.3 Å². The lowest BCUT2D eigenvalue weighted by Gasteiger charge is -2.23. The molecule has 200 valence electrons. The molecule has 0 aliphatic carbocycles. The lowest BCUT2D eigenvalue weighted by Crippen LogP contribution is -2.46. The van der Waals surface area contributed by atoms with Gasteiger partial charge in [0.2, 0.25) is 5.91 Å². The molecule has 2 aromatic carbocycles. The molecule has 11 nitrogen and oxygen atoms in total. The van der Waals surface area contributed by atoms with Crippen LogP contribution in [-0.4, -0.2) is 54.0 Å². The highest BCUT2D eigenvalue weighted by Gasteiger charge is 2.25. The van der Waals surface area contributed by atoms with Crippen molar-refractivity contribution in [2.75, 3.05) is 18.5 Å². The Bertz CT molecular complexity index is 1050. The highest BCUT2D eigenvalue weighted by molar-refractivity contribution is 5.97. The minimum absolute atomic E-state index is 0.126. The van der Waals surface area contributed by atoms with Gasteiger partial charge in [-0.3, -0.25) is 4.79 Å². The third-order valence-corrected chi connectivity index (χ3v) is 4.66. The molecule has 37 heavy (non-hydrogen) atoms. The van der Waals surface area contributed by atoms with Crippen LogP contribution in [0.1, 0.15) is 39.2 Å². The molecule has 0 bridgehead atoms. The van der Waals surface area contributed by atoms with E-state index in [-0.39, 0.29) is 31.0 Å². The Balaban J connectivity index is 1.95. The zero-order valence-electron chi connectivity index (χ0n) is 21.1. The van der Waals surface area contributed by atoms with Crippen molar-refractivity contribution in [3.63, 3.8) is 0 Å². The molecule has 0 saturated heterocycles. The Morgan fingerprint density at radius 2 is 1.62 bits per heavy atom. The van der Waals surface area contributed by atoms with Crippen LogP contribution in [0.3, 0.4) is 0 Å². The number of alkyl carbamates (subject to hydrolysis) is 2. The van der Waals surface area contributed by atoms with Gasteiger partial charge >= 0.3 is 18.2 Å². The number of carboxylic acids is 1. The Labute approximate surface area is 215 Å². The second-order valence-electron chi connectivity index (χ2n) is 9.00. The summed E-state index contributed by atoms with van der Waals surface area (Å²) in [5, 5.41) is 16.7. The lowest BCUT2D eigenvalue weighted by molar-refractivity contribution is -0.139. The van der Waals surface area contributed by atoms with Gasteiger partial charge in [0.25, 0.3) is 0 Å². The fraction of sp³-hybridized carbons (Fsp3) is 0.385. The zero-order chi connectivity index (χ0) is 27.3. The summed E-state index contributed by atoms with van der Waals surface area (Å²) in [6, 6.07) is 14.5. The SMILES string of the molecule is CC(C)(C)OC(=O)N[C@@H](CCCNC(=O)OCc1ccccc1)C(=O)Nc1ccccc1OCC(=O)O. The first-order valence-corrected chi connectivity index (χ1v) is 11.7. The molecule has 11 heteroatoms.